The van der Waals surface area contributed by atoms with Gasteiger partial charge in [0.25, 0.3) is 5.91 Å². The fourth-order valence-electron chi connectivity index (χ4n) is 1.08. The zero-order valence-electron chi connectivity index (χ0n) is 8.79. The first-order chi connectivity index (χ1) is 7.15. The second-order valence-corrected chi connectivity index (χ2v) is 4.61. The van der Waals surface area contributed by atoms with Gasteiger partial charge in [-0.3, -0.25) is 4.79 Å². The van der Waals surface area contributed by atoms with Gasteiger partial charge in [0.1, 0.15) is 4.88 Å². The van der Waals surface area contributed by atoms with Crippen LogP contribution in [0, 0.1) is 12.8 Å². The van der Waals surface area contributed by atoms with E-state index in [-0.39, 0.29) is 5.91 Å². The third kappa shape index (κ3) is 3.76. The summed E-state index contributed by atoms with van der Waals surface area (Å²) in [5.41, 5.74) is 0.683. The molecule has 0 saturated heterocycles. The second-order valence-electron chi connectivity index (χ2n) is 3.48. The topological polar surface area (TPSA) is 54.9 Å². The molecule has 0 aliphatic carbocycles. The zero-order valence-corrected chi connectivity index (χ0v) is 10.4. The van der Waals surface area contributed by atoms with Crippen LogP contribution in [-0.4, -0.2) is 27.9 Å². The number of hydrogen-bond donors (Lipinski definition) is 1. The third-order valence-corrected chi connectivity index (χ3v) is 3.12. The number of aryl methyl sites for hydroxylation is 1. The minimum atomic E-state index is -0.0936. The average molecular weight is 248 g/mol. The van der Waals surface area contributed by atoms with E-state index in [9.17, 15) is 4.79 Å². The van der Waals surface area contributed by atoms with Gasteiger partial charge in [-0.15, -0.1) is 16.7 Å². The summed E-state index contributed by atoms with van der Waals surface area (Å²) in [7, 11) is 0. The van der Waals surface area contributed by atoms with Crippen molar-refractivity contribution in [3.8, 4) is 0 Å². The smallest absolute Gasteiger partial charge is 0.264 e. The Morgan fingerprint density at radius 2 is 2.40 bits per heavy atom. The molecule has 0 bridgehead atoms. The van der Waals surface area contributed by atoms with Gasteiger partial charge in [-0.1, -0.05) is 11.4 Å². The van der Waals surface area contributed by atoms with Crippen molar-refractivity contribution in [2.45, 2.75) is 20.3 Å². The number of alkyl halides is 1. The lowest BCUT2D eigenvalue weighted by atomic mass is 10.1. The van der Waals surface area contributed by atoms with Gasteiger partial charge >= 0.3 is 0 Å². The van der Waals surface area contributed by atoms with Gasteiger partial charge in [-0.25, -0.2) is 0 Å². The Labute approximate surface area is 98.2 Å². The maximum atomic E-state index is 11.6. The number of halogens is 1. The Balaban J connectivity index is 2.40. The highest BCUT2D eigenvalue weighted by Gasteiger charge is 2.13. The van der Waals surface area contributed by atoms with Gasteiger partial charge in [0.15, 0.2) is 0 Å². The Morgan fingerprint density at radius 3 is 2.93 bits per heavy atom. The molecule has 6 heteroatoms. The van der Waals surface area contributed by atoms with Crippen LogP contribution in [0.2, 0.25) is 0 Å². The number of nitrogens with one attached hydrogen (secondary N) is 1. The van der Waals surface area contributed by atoms with E-state index in [1.165, 1.54) is 0 Å². The van der Waals surface area contributed by atoms with Crippen molar-refractivity contribution in [3.63, 3.8) is 0 Å². The highest BCUT2D eigenvalue weighted by Crippen LogP contribution is 2.09. The van der Waals surface area contributed by atoms with Crippen molar-refractivity contribution in [1.29, 1.82) is 0 Å². The van der Waals surface area contributed by atoms with Crippen LogP contribution in [0.3, 0.4) is 0 Å². The van der Waals surface area contributed by atoms with E-state index in [1.54, 1.807) is 6.92 Å². The van der Waals surface area contributed by atoms with Gasteiger partial charge in [0.2, 0.25) is 0 Å². The van der Waals surface area contributed by atoms with E-state index in [1.807, 2.05) is 0 Å². The van der Waals surface area contributed by atoms with Crippen molar-refractivity contribution < 1.29 is 4.79 Å². The van der Waals surface area contributed by atoms with Crippen molar-refractivity contribution in [1.82, 2.24) is 14.9 Å². The summed E-state index contributed by atoms with van der Waals surface area (Å²) in [6.45, 7) is 4.48. The molecule has 0 fully saturated rings. The average Bonchev–Trinajstić information content (AvgIpc) is 2.61. The fourth-order valence-corrected chi connectivity index (χ4v) is 2.02. The number of carbonyl (C=O) groups excluding carboxylic acids is 1. The molecule has 1 amide bonds. The fraction of sp³-hybridized carbons (Fsp3) is 0.667. The lowest BCUT2D eigenvalue weighted by Gasteiger charge is -2.09. The first-order valence-corrected chi connectivity index (χ1v) is 6.09. The Bertz CT molecular complexity index is 329. The van der Waals surface area contributed by atoms with Crippen molar-refractivity contribution in [2.75, 3.05) is 12.4 Å². The van der Waals surface area contributed by atoms with Crippen molar-refractivity contribution in [3.05, 3.63) is 10.6 Å². The van der Waals surface area contributed by atoms with E-state index in [0.29, 0.717) is 28.9 Å². The maximum Gasteiger partial charge on any atom is 0.264 e. The van der Waals surface area contributed by atoms with Crippen LogP contribution >= 0.6 is 23.1 Å². The SMILES string of the molecule is Cc1nnsc1C(=O)NCC(C)CCCl. The van der Waals surface area contributed by atoms with E-state index >= 15 is 0 Å². The summed E-state index contributed by atoms with van der Waals surface area (Å²) in [4.78, 5) is 12.2. The van der Waals surface area contributed by atoms with Crippen LogP contribution in [0.4, 0.5) is 0 Å². The molecular weight excluding hydrogens is 234 g/mol. The first kappa shape index (κ1) is 12.4. The van der Waals surface area contributed by atoms with E-state index in [0.717, 1.165) is 18.0 Å². The molecule has 4 nitrogen and oxygen atoms in total. The summed E-state index contributed by atoms with van der Waals surface area (Å²) in [6, 6.07) is 0. The Hall–Kier alpha value is -0.680. The molecule has 1 aromatic heterocycles. The molecule has 15 heavy (non-hydrogen) atoms. The predicted octanol–water partition coefficient (Wildman–Crippen LogP) is 1.84. The molecule has 1 unspecified atom stereocenters. The van der Waals surface area contributed by atoms with Gasteiger partial charge < -0.3 is 5.32 Å². The number of hydrogen-bond acceptors (Lipinski definition) is 4. The highest BCUT2D eigenvalue weighted by molar-refractivity contribution is 7.07. The molecule has 1 atom stereocenters. The normalized spacial score (nSPS) is 12.5. The van der Waals surface area contributed by atoms with Gasteiger partial charge in [0.05, 0.1) is 5.69 Å². The van der Waals surface area contributed by atoms with Crippen LogP contribution in [0.15, 0.2) is 0 Å². The molecular formula is C9H14ClN3OS. The van der Waals surface area contributed by atoms with Crippen LogP contribution in [0.25, 0.3) is 0 Å². The number of rotatable bonds is 5. The molecule has 0 spiro atoms. The molecule has 84 valence electrons. The van der Waals surface area contributed by atoms with Crippen LogP contribution < -0.4 is 5.32 Å². The molecule has 1 heterocycles. The van der Waals surface area contributed by atoms with Gasteiger partial charge in [0, 0.05) is 12.4 Å². The molecule has 0 saturated carbocycles. The number of nitrogens with zero attached hydrogens (tertiary/aromatic N) is 2. The van der Waals surface area contributed by atoms with Crippen molar-refractivity contribution in [2.24, 2.45) is 5.92 Å². The minimum Gasteiger partial charge on any atom is -0.351 e. The van der Waals surface area contributed by atoms with E-state index in [4.69, 9.17) is 11.6 Å². The first-order valence-electron chi connectivity index (χ1n) is 4.78. The lowest BCUT2D eigenvalue weighted by Crippen LogP contribution is -2.28. The monoisotopic (exact) mass is 247 g/mol. The zero-order chi connectivity index (χ0) is 11.3. The second kappa shape index (κ2) is 6.02. The largest absolute Gasteiger partial charge is 0.351 e. The predicted molar refractivity (Wildman–Crippen MR) is 61.5 cm³/mol. The molecule has 0 aromatic carbocycles. The molecule has 1 rings (SSSR count). The Morgan fingerprint density at radius 1 is 1.67 bits per heavy atom. The minimum absolute atomic E-state index is 0.0936. The number of aromatic nitrogens is 2. The van der Waals surface area contributed by atoms with Crippen LogP contribution in [0.1, 0.15) is 28.7 Å². The van der Waals surface area contributed by atoms with Crippen molar-refractivity contribution >= 4 is 29.0 Å². The highest BCUT2D eigenvalue weighted by atomic mass is 35.5. The summed E-state index contributed by atoms with van der Waals surface area (Å²) >= 11 is 6.73. The summed E-state index contributed by atoms with van der Waals surface area (Å²) in [6.07, 6.45) is 0.905. The lowest BCUT2D eigenvalue weighted by molar-refractivity contribution is 0.0951. The third-order valence-electron chi connectivity index (χ3n) is 2.07. The van der Waals surface area contributed by atoms with E-state index < -0.39 is 0 Å². The van der Waals surface area contributed by atoms with Gasteiger partial charge in [-0.2, -0.15) is 0 Å². The molecule has 1 aromatic rings. The van der Waals surface area contributed by atoms with E-state index in [2.05, 4.69) is 21.8 Å². The number of carbonyl (C=O) groups is 1. The summed E-state index contributed by atoms with van der Waals surface area (Å²) in [5.74, 6) is 0.926. The van der Waals surface area contributed by atoms with Crippen LogP contribution in [-0.2, 0) is 0 Å². The maximum absolute atomic E-state index is 11.6. The molecule has 0 aliphatic rings. The molecule has 1 N–H and O–H groups in total. The Kier molecular flexibility index (Phi) is 4.98. The quantitative estimate of drug-likeness (QED) is 0.808. The molecule has 0 radical (unpaired) electrons. The number of amides is 1. The summed E-state index contributed by atoms with van der Waals surface area (Å²) < 4.78 is 3.72. The standard InChI is InChI=1S/C9H14ClN3OS/c1-6(3-4-10)5-11-9(14)8-7(2)12-13-15-8/h6H,3-5H2,1-2H3,(H,11,14). The molecule has 0 aliphatic heterocycles. The van der Waals surface area contributed by atoms with Crippen LogP contribution in [0.5, 0.6) is 0 Å². The summed E-state index contributed by atoms with van der Waals surface area (Å²) in [5, 5.41) is 6.63. The van der Waals surface area contributed by atoms with Gasteiger partial charge in [-0.05, 0) is 30.8 Å².